The maximum atomic E-state index is 4.33. The van der Waals surface area contributed by atoms with Crippen LogP contribution in [-0.4, -0.2) is 28.2 Å². The average molecular weight is 345 g/mol. The zero-order valence-electron chi connectivity index (χ0n) is 15.7. The molecule has 2 aromatic carbocycles. The Morgan fingerprint density at radius 2 is 1.69 bits per heavy atom. The number of aromatic nitrogens is 2. The van der Waals surface area contributed by atoms with Crippen molar-refractivity contribution >= 4 is 0 Å². The Balaban J connectivity index is 1.44. The van der Waals surface area contributed by atoms with Gasteiger partial charge in [0.1, 0.15) is 0 Å². The van der Waals surface area contributed by atoms with Crippen molar-refractivity contribution in [3.63, 3.8) is 0 Å². The van der Waals surface area contributed by atoms with E-state index < -0.39 is 0 Å². The summed E-state index contributed by atoms with van der Waals surface area (Å²) in [7, 11) is 0. The fourth-order valence-corrected chi connectivity index (χ4v) is 4.19. The van der Waals surface area contributed by atoms with E-state index in [0.717, 1.165) is 19.6 Å². The zero-order chi connectivity index (χ0) is 17.9. The molecular formula is C23H27N3. The van der Waals surface area contributed by atoms with Crippen LogP contribution in [0.15, 0.2) is 54.7 Å². The third kappa shape index (κ3) is 3.73. The number of rotatable bonds is 4. The number of likely N-dealkylation sites (tertiary alicyclic amines) is 1. The van der Waals surface area contributed by atoms with Gasteiger partial charge in [0.2, 0.25) is 0 Å². The van der Waals surface area contributed by atoms with Crippen molar-refractivity contribution in [3.05, 3.63) is 77.0 Å². The van der Waals surface area contributed by atoms with Gasteiger partial charge in [-0.2, -0.15) is 5.10 Å². The van der Waals surface area contributed by atoms with E-state index in [-0.39, 0.29) is 0 Å². The van der Waals surface area contributed by atoms with Crippen LogP contribution in [0.2, 0.25) is 0 Å². The van der Waals surface area contributed by atoms with Crippen LogP contribution in [0.25, 0.3) is 11.3 Å². The number of hydrogen-bond acceptors (Lipinski definition) is 2. The van der Waals surface area contributed by atoms with Crippen molar-refractivity contribution in [2.75, 3.05) is 13.1 Å². The smallest absolute Gasteiger partial charge is 0.0695 e. The minimum atomic E-state index is 0.704. The molecule has 0 spiro atoms. The highest BCUT2D eigenvalue weighted by atomic mass is 15.2. The summed E-state index contributed by atoms with van der Waals surface area (Å²) in [5.74, 6) is 0.704. The summed E-state index contributed by atoms with van der Waals surface area (Å²) in [6.45, 7) is 7.58. The summed E-state index contributed by atoms with van der Waals surface area (Å²) in [5.41, 5.74) is 7.80. The van der Waals surface area contributed by atoms with Gasteiger partial charge in [-0.1, -0.05) is 47.5 Å². The fourth-order valence-electron chi connectivity index (χ4n) is 4.19. The maximum absolute atomic E-state index is 4.33. The highest BCUT2D eigenvalue weighted by Gasteiger charge is 2.21. The van der Waals surface area contributed by atoms with Crippen LogP contribution in [0.4, 0.5) is 0 Å². The summed E-state index contributed by atoms with van der Waals surface area (Å²) in [5, 5.41) is 7.56. The van der Waals surface area contributed by atoms with Gasteiger partial charge in [-0.15, -0.1) is 0 Å². The van der Waals surface area contributed by atoms with Gasteiger partial charge in [0, 0.05) is 17.7 Å². The molecule has 1 aliphatic heterocycles. The van der Waals surface area contributed by atoms with E-state index in [1.165, 1.54) is 46.4 Å². The molecule has 134 valence electrons. The van der Waals surface area contributed by atoms with Crippen LogP contribution < -0.4 is 0 Å². The number of piperidine rings is 1. The van der Waals surface area contributed by atoms with E-state index in [9.17, 15) is 0 Å². The summed E-state index contributed by atoms with van der Waals surface area (Å²) >= 11 is 0. The first-order valence-corrected chi connectivity index (χ1v) is 9.57. The predicted molar refractivity (Wildman–Crippen MR) is 107 cm³/mol. The van der Waals surface area contributed by atoms with Crippen molar-refractivity contribution < 1.29 is 0 Å². The molecule has 1 N–H and O–H groups in total. The van der Waals surface area contributed by atoms with Crippen LogP contribution in [-0.2, 0) is 6.54 Å². The van der Waals surface area contributed by atoms with E-state index in [2.05, 4.69) is 77.5 Å². The standard InChI is InChI=1S/C23H27N3/c1-17-12-18(2)14-21(13-17)23-22(15-24-25-23)16-26-10-8-20(9-11-26)19-6-4-3-5-7-19/h3-7,12-15,20H,8-11,16H2,1-2H3,(H,24,25). The van der Waals surface area contributed by atoms with Gasteiger partial charge >= 0.3 is 0 Å². The normalized spacial score (nSPS) is 16.1. The molecule has 3 heteroatoms. The molecular weight excluding hydrogens is 318 g/mol. The molecule has 1 aliphatic rings. The summed E-state index contributed by atoms with van der Waals surface area (Å²) in [6, 6.07) is 17.7. The summed E-state index contributed by atoms with van der Waals surface area (Å²) in [6.07, 6.45) is 4.47. The molecule has 1 saturated heterocycles. The zero-order valence-corrected chi connectivity index (χ0v) is 15.7. The number of aryl methyl sites for hydroxylation is 2. The van der Waals surface area contributed by atoms with Gasteiger partial charge < -0.3 is 0 Å². The Kier molecular flexibility index (Phi) is 4.89. The van der Waals surface area contributed by atoms with Gasteiger partial charge in [-0.25, -0.2) is 0 Å². The molecule has 0 amide bonds. The fraction of sp³-hybridized carbons (Fsp3) is 0.348. The van der Waals surface area contributed by atoms with Crippen LogP contribution in [0.3, 0.4) is 0 Å². The number of benzene rings is 2. The first kappa shape index (κ1) is 17.0. The second-order valence-corrected chi connectivity index (χ2v) is 7.61. The van der Waals surface area contributed by atoms with Gasteiger partial charge in [0.05, 0.1) is 11.9 Å². The second kappa shape index (κ2) is 7.46. The second-order valence-electron chi connectivity index (χ2n) is 7.61. The van der Waals surface area contributed by atoms with Crippen LogP contribution in [0, 0.1) is 13.8 Å². The number of hydrogen-bond donors (Lipinski definition) is 1. The lowest BCUT2D eigenvalue weighted by atomic mass is 9.89. The number of nitrogens with one attached hydrogen (secondary N) is 1. The predicted octanol–water partition coefficient (Wildman–Crippen LogP) is 5.07. The monoisotopic (exact) mass is 345 g/mol. The number of nitrogens with zero attached hydrogens (tertiary/aromatic N) is 2. The Morgan fingerprint density at radius 3 is 2.38 bits per heavy atom. The molecule has 4 rings (SSSR count). The van der Waals surface area contributed by atoms with Gasteiger partial charge in [-0.05, 0) is 63.4 Å². The maximum Gasteiger partial charge on any atom is 0.0695 e. The lowest BCUT2D eigenvalue weighted by Gasteiger charge is -2.32. The third-order valence-corrected chi connectivity index (χ3v) is 5.48. The molecule has 0 aliphatic carbocycles. The molecule has 26 heavy (non-hydrogen) atoms. The molecule has 0 saturated carbocycles. The van der Waals surface area contributed by atoms with Crippen molar-refractivity contribution in [1.82, 2.24) is 15.1 Å². The van der Waals surface area contributed by atoms with Crippen LogP contribution in [0.1, 0.15) is 41.0 Å². The largest absolute Gasteiger partial charge is 0.299 e. The minimum absolute atomic E-state index is 0.704. The Bertz CT molecular complexity index is 838. The molecule has 0 bridgehead atoms. The lowest BCUT2D eigenvalue weighted by Crippen LogP contribution is -2.32. The molecule has 3 aromatic rings. The Hall–Kier alpha value is -2.39. The molecule has 1 fully saturated rings. The van der Waals surface area contributed by atoms with E-state index in [4.69, 9.17) is 0 Å². The van der Waals surface area contributed by atoms with Gasteiger partial charge in [0.15, 0.2) is 0 Å². The van der Waals surface area contributed by atoms with Crippen molar-refractivity contribution in [3.8, 4) is 11.3 Å². The first-order chi connectivity index (χ1) is 12.7. The third-order valence-electron chi connectivity index (χ3n) is 5.48. The topological polar surface area (TPSA) is 31.9 Å². The minimum Gasteiger partial charge on any atom is -0.299 e. The molecule has 2 heterocycles. The molecule has 0 atom stereocenters. The molecule has 3 nitrogen and oxygen atoms in total. The Morgan fingerprint density at radius 1 is 1.00 bits per heavy atom. The van der Waals surface area contributed by atoms with Crippen LogP contribution >= 0.6 is 0 Å². The highest BCUT2D eigenvalue weighted by molar-refractivity contribution is 5.64. The first-order valence-electron chi connectivity index (χ1n) is 9.57. The van der Waals surface area contributed by atoms with Gasteiger partial charge in [0.25, 0.3) is 0 Å². The van der Waals surface area contributed by atoms with Crippen molar-refractivity contribution in [1.29, 1.82) is 0 Å². The van der Waals surface area contributed by atoms with E-state index >= 15 is 0 Å². The number of H-pyrrole nitrogens is 1. The average Bonchev–Trinajstić information content (AvgIpc) is 3.10. The van der Waals surface area contributed by atoms with Gasteiger partial charge in [-0.3, -0.25) is 10.00 Å². The molecule has 0 unspecified atom stereocenters. The molecule has 1 aromatic heterocycles. The summed E-state index contributed by atoms with van der Waals surface area (Å²) < 4.78 is 0. The van der Waals surface area contributed by atoms with Crippen LogP contribution in [0.5, 0.6) is 0 Å². The number of aromatic amines is 1. The van der Waals surface area contributed by atoms with E-state index in [1.54, 1.807) is 0 Å². The summed E-state index contributed by atoms with van der Waals surface area (Å²) in [4.78, 5) is 2.57. The van der Waals surface area contributed by atoms with E-state index in [0.29, 0.717) is 5.92 Å². The van der Waals surface area contributed by atoms with Crippen molar-refractivity contribution in [2.45, 2.75) is 39.2 Å². The lowest BCUT2D eigenvalue weighted by molar-refractivity contribution is 0.205. The SMILES string of the molecule is Cc1cc(C)cc(-c2[nH]ncc2CN2CCC(c3ccccc3)CC2)c1. The Labute approximate surface area is 156 Å². The van der Waals surface area contributed by atoms with E-state index in [1.807, 2.05) is 6.20 Å². The highest BCUT2D eigenvalue weighted by Crippen LogP contribution is 2.30. The van der Waals surface area contributed by atoms with Crippen molar-refractivity contribution in [2.24, 2.45) is 0 Å². The quantitative estimate of drug-likeness (QED) is 0.715. The molecule has 0 radical (unpaired) electrons.